The van der Waals surface area contributed by atoms with Crippen LogP contribution in [0.25, 0.3) is 0 Å². The van der Waals surface area contributed by atoms with Gasteiger partial charge in [0.25, 0.3) is 0 Å². The second-order valence-electron chi connectivity index (χ2n) is 5.53. The van der Waals surface area contributed by atoms with E-state index in [1.165, 1.54) is 31.2 Å². The molecule has 1 atom stereocenters. The fourth-order valence-corrected chi connectivity index (χ4v) is 2.52. The van der Waals surface area contributed by atoms with E-state index >= 15 is 0 Å². The molecule has 1 N–H and O–H groups in total. The van der Waals surface area contributed by atoms with E-state index < -0.39 is 0 Å². The monoisotopic (exact) mass is 311 g/mol. The van der Waals surface area contributed by atoms with Crippen molar-refractivity contribution in [3.8, 4) is 0 Å². The lowest BCUT2D eigenvalue weighted by Crippen LogP contribution is -2.24. The van der Waals surface area contributed by atoms with Gasteiger partial charge in [-0.15, -0.1) is 0 Å². The van der Waals surface area contributed by atoms with Crippen LogP contribution in [-0.4, -0.2) is 19.7 Å². The van der Waals surface area contributed by atoms with Crippen LogP contribution in [0.5, 0.6) is 0 Å². The first kappa shape index (κ1) is 18.5. The molecule has 21 heavy (non-hydrogen) atoms. The van der Waals surface area contributed by atoms with Crippen LogP contribution in [0.2, 0.25) is 5.02 Å². The minimum Gasteiger partial charge on any atom is -0.372 e. The van der Waals surface area contributed by atoms with Gasteiger partial charge < -0.3 is 10.1 Å². The molecule has 0 fully saturated rings. The molecule has 0 radical (unpaired) electrons. The number of hydrogen-bond donors (Lipinski definition) is 1. The van der Waals surface area contributed by atoms with Crippen molar-refractivity contribution in [2.24, 2.45) is 0 Å². The molecule has 0 aromatic heterocycles. The van der Waals surface area contributed by atoms with Gasteiger partial charge in [-0.3, -0.25) is 0 Å². The van der Waals surface area contributed by atoms with Crippen molar-refractivity contribution >= 4 is 11.6 Å². The Morgan fingerprint density at radius 3 is 2.62 bits per heavy atom. The van der Waals surface area contributed by atoms with Gasteiger partial charge >= 0.3 is 0 Å². The first-order valence-corrected chi connectivity index (χ1v) is 8.73. The highest BCUT2D eigenvalue weighted by Crippen LogP contribution is 2.21. The zero-order valence-corrected chi connectivity index (χ0v) is 14.3. The maximum atomic E-state index is 6.09. The van der Waals surface area contributed by atoms with E-state index in [2.05, 4.69) is 25.2 Å². The molecular weight excluding hydrogens is 282 g/mol. The van der Waals surface area contributed by atoms with Gasteiger partial charge in [-0.2, -0.15) is 0 Å². The van der Waals surface area contributed by atoms with E-state index in [4.69, 9.17) is 16.3 Å². The van der Waals surface area contributed by atoms with Gasteiger partial charge in [-0.05, 0) is 37.1 Å². The molecule has 0 aliphatic heterocycles. The molecule has 120 valence electrons. The average Bonchev–Trinajstić information content (AvgIpc) is 2.49. The smallest absolute Gasteiger partial charge is 0.0949 e. The third-order valence-electron chi connectivity index (χ3n) is 3.54. The third-order valence-corrected chi connectivity index (χ3v) is 3.78. The van der Waals surface area contributed by atoms with Crippen molar-refractivity contribution in [3.05, 3.63) is 34.9 Å². The Morgan fingerprint density at radius 2 is 1.90 bits per heavy atom. The number of nitrogens with one attached hydrogen (secondary N) is 1. The molecule has 0 amide bonds. The molecule has 0 bridgehead atoms. The third kappa shape index (κ3) is 8.45. The Balaban J connectivity index is 2.41. The van der Waals surface area contributed by atoms with Crippen molar-refractivity contribution in [3.63, 3.8) is 0 Å². The van der Waals surface area contributed by atoms with Crippen molar-refractivity contribution in [1.29, 1.82) is 0 Å². The summed E-state index contributed by atoms with van der Waals surface area (Å²) in [4.78, 5) is 0. The number of unbranched alkanes of at least 4 members (excludes halogenated alkanes) is 4. The van der Waals surface area contributed by atoms with Crippen molar-refractivity contribution in [1.82, 2.24) is 5.32 Å². The molecule has 1 aromatic carbocycles. The number of benzene rings is 1. The highest BCUT2D eigenvalue weighted by molar-refractivity contribution is 6.30. The average molecular weight is 312 g/mol. The molecule has 1 rings (SSSR count). The van der Waals surface area contributed by atoms with Crippen LogP contribution in [0.3, 0.4) is 0 Å². The SMILES string of the molecule is CCCCCCCOC(CNCCC)c1cccc(Cl)c1. The molecule has 0 aliphatic rings. The molecule has 0 aliphatic carbocycles. The predicted molar refractivity (Wildman–Crippen MR) is 92.1 cm³/mol. The lowest BCUT2D eigenvalue weighted by atomic mass is 10.1. The Morgan fingerprint density at radius 1 is 1.10 bits per heavy atom. The Labute approximate surface area is 135 Å². The van der Waals surface area contributed by atoms with Gasteiger partial charge in [-0.1, -0.05) is 63.3 Å². The van der Waals surface area contributed by atoms with E-state index in [1.54, 1.807) is 0 Å². The first-order chi connectivity index (χ1) is 10.3. The second kappa shape index (κ2) is 12.0. The zero-order chi connectivity index (χ0) is 15.3. The number of ether oxygens (including phenoxy) is 1. The summed E-state index contributed by atoms with van der Waals surface area (Å²) < 4.78 is 6.09. The minimum atomic E-state index is 0.0985. The summed E-state index contributed by atoms with van der Waals surface area (Å²) in [5, 5.41) is 4.22. The van der Waals surface area contributed by atoms with E-state index in [1.807, 2.05) is 18.2 Å². The van der Waals surface area contributed by atoms with Gasteiger partial charge in [0.05, 0.1) is 6.10 Å². The van der Waals surface area contributed by atoms with E-state index in [0.29, 0.717) is 0 Å². The lowest BCUT2D eigenvalue weighted by molar-refractivity contribution is 0.0499. The van der Waals surface area contributed by atoms with Crippen molar-refractivity contribution in [2.45, 2.75) is 58.5 Å². The van der Waals surface area contributed by atoms with Crippen LogP contribution in [0.1, 0.15) is 64.0 Å². The zero-order valence-electron chi connectivity index (χ0n) is 13.5. The van der Waals surface area contributed by atoms with Gasteiger partial charge in [0.1, 0.15) is 0 Å². The number of rotatable bonds is 12. The van der Waals surface area contributed by atoms with Crippen LogP contribution in [-0.2, 0) is 4.74 Å². The van der Waals surface area contributed by atoms with Gasteiger partial charge in [-0.25, -0.2) is 0 Å². The van der Waals surface area contributed by atoms with Crippen LogP contribution < -0.4 is 5.32 Å². The Kier molecular flexibility index (Phi) is 10.6. The minimum absolute atomic E-state index is 0.0985. The number of hydrogen-bond acceptors (Lipinski definition) is 2. The molecular formula is C18H30ClNO. The molecule has 2 nitrogen and oxygen atoms in total. The fourth-order valence-electron chi connectivity index (χ4n) is 2.32. The first-order valence-electron chi connectivity index (χ1n) is 8.35. The van der Waals surface area contributed by atoms with E-state index in [9.17, 15) is 0 Å². The fraction of sp³-hybridized carbons (Fsp3) is 0.667. The van der Waals surface area contributed by atoms with Gasteiger partial charge in [0, 0.05) is 18.2 Å². The molecule has 0 saturated heterocycles. The van der Waals surface area contributed by atoms with Crippen molar-refractivity contribution in [2.75, 3.05) is 19.7 Å². The molecule has 0 spiro atoms. The standard InChI is InChI=1S/C18H30ClNO/c1-3-5-6-7-8-13-21-18(15-20-12-4-2)16-10-9-11-17(19)14-16/h9-11,14,18,20H,3-8,12-13,15H2,1-2H3. The van der Waals surface area contributed by atoms with Crippen LogP contribution >= 0.6 is 11.6 Å². The maximum Gasteiger partial charge on any atom is 0.0949 e. The summed E-state index contributed by atoms with van der Waals surface area (Å²) in [7, 11) is 0. The predicted octanol–water partition coefficient (Wildman–Crippen LogP) is 5.37. The van der Waals surface area contributed by atoms with Gasteiger partial charge in [0.15, 0.2) is 0 Å². The molecule has 1 unspecified atom stereocenters. The summed E-state index contributed by atoms with van der Waals surface area (Å²) in [6.07, 6.45) is 7.57. The summed E-state index contributed by atoms with van der Waals surface area (Å²) in [6, 6.07) is 8.01. The van der Waals surface area contributed by atoms with Gasteiger partial charge in [0.2, 0.25) is 0 Å². The molecule has 3 heteroatoms. The molecule has 1 aromatic rings. The summed E-state index contributed by atoms with van der Waals surface area (Å²) in [5.74, 6) is 0. The maximum absolute atomic E-state index is 6.09. The molecule has 0 saturated carbocycles. The van der Waals surface area contributed by atoms with Crippen LogP contribution in [0.15, 0.2) is 24.3 Å². The van der Waals surface area contributed by atoms with Crippen molar-refractivity contribution < 1.29 is 4.74 Å². The molecule has 0 heterocycles. The second-order valence-corrected chi connectivity index (χ2v) is 5.97. The lowest BCUT2D eigenvalue weighted by Gasteiger charge is -2.19. The largest absolute Gasteiger partial charge is 0.372 e. The highest BCUT2D eigenvalue weighted by Gasteiger charge is 2.11. The van der Waals surface area contributed by atoms with E-state index in [-0.39, 0.29) is 6.10 Å². The summed E-state index contributed by atoms with van der Waals surface area (Å²) >= 11 is 6.09. The number of halogens is 1. The Hall–Kier alpha value is -0.570. The highest BCUT2D eigenvalue weighted by atomic mass is 35.5. The summed E-state index contributed by atoms with van der Waals surface area (Å²) in [5.41, 5.74) is 1.17. The quantitative estimate of drug-likeness (QED) is 0.524. The Bertz CT molecular complexity index is 370. The topological polar surface area (TPSA) is 21.3 Å². The van der Waals surface area contributed by atoms with Crippen LogP contribution in [0, 0.1) is 0 Å². The summed E-state index contributed by atoms with van der Waals surface area (Å²) in [6.45, 7) is 7.12. The van der Waals surface area contributed by atoms with Crippen LogP contribution in [0.4, 0.5) is 0 Å². The van der Waals surface area contributed by atoms with E-state index in [0.717, 1.165) is 37.6 Å². The normalized spacial score (nSPS) is 12.5.